The Morgan fingerprint density at radius 1 is 0.967 bits per heavy atom. The number of Topliss-reactive ketones (excluding diaryl/α,β-unsaturated/α-hetero) is 1. The average Bonchev–Trinajstić information content (AvgIpc) is 2.78. The van der Waals surface area contributed by atoms with Gasteiger partial charge < -0.3 is 9.64 Å². The fourth-order valence-electron chi connectivity index (χ4n) is 3.92. The van der Waals surface area contributed by atoms with Gasteiger partial charge in [0, 0.05) is 6.04 Å². The van der Waals surface area contributed by atoms with Crippen LogP contribution in [0.15, 0.2) is 78.9 Å². The van der Waals surface area contributed by atoms with Crippen molar-refractivity contribution < 1.29 is 13.9 Å². The summed E-state index contributed by atoms with van der Waals surface area (Å²) >= 11 is 0. The van der Waals surface area contributed by atoms with Crippen LogP contribution in [0.3, 0.4) is 0 Å². The van der Waals surface area contributed by atoms with Crippen LogP contribution in [0.25, 0.3) is 0 Å². The molecular weight excluding hydrogens is 377 g/mol. The Labute approximate surface area is 178 Å². The van der Waals surface area contributed by atoms with Crippen LogP contribution in [0.1, 0.15) is 34.8 Å². The van der Waals surface area contributed by atoms with Crippen molar-refractivity contribution in [2.75, 3.05) is 21.2 Å². The molecule has 0 aliphatic heterocycles. The molecule has 0 N–H and O–H groups in total. The van der Waals surface area contributed by atoms with Gasteiger partial charge in [0.25, 0.3) is 0 Å². The lowest BCUT2D eigenvalue weighted by molar-refractivity contribution is 0.0878. The largest absolute Gasteiger partial charge is 0.496 e. The average molecular weight is 406 g/mol. The topological polar surface area (TPSA) is 29.5 Å². The van der Waals surface area contributed by atoms with Crippen molar-refractivity contribution in [1.82, 2.24) is 4.90 Å². The monoisotopic (exact) mass is 405 g/mol. The second kappa shape index (κ2) is 9.23. The van der Waals surface area contributed by atoms with E-state index in [0.29, 0.717) is 12.2 Å². The molecule has 0 amide bonds. The smallest absolute Gasteiger partial charge is 0.181 e. The zero-order chi connectivity index (χ0) is 21.7. The minimum atomic E-state index is -0.993. The second-order valence-electron chi connectivity index (χ2n) is 7.83. The molecule has 0 aliphatic carbocycles. The van der Waals surface area contributed by atoms with Gasteiger partial charge in [-0.25, -0.2) is 4.39 Å². The van der Waals surface area contributed by atoms with Crippen molar-refractivity contribution in [3.05, 3.63) is 101 Å². The highest BCUT2D eigenvalue weighted by atomic mass is 19.1. The maximum atomic E-state index is 14.3. The molecule has 3 nitrogen and oxygen atoms in total. The number of ketones is 1. The fourth-order valence-corrected chi connectivity index (χ4v) is 3.92. The summed E-state index contributed by atoms with van der Waals surface area (Å²) in [6, 6.07) is 23.7. The van der Waals surface area contributed by atoms with E-state index in [1.807, 2.05) is 74.8 Å². The number of rotatable bonds is 8. The van der Waals surface area contributed by atoms with Gasteiger partial charge in [0.15, 0.2) is 5.78 Å². The number of ether oxygens (including phenoxy) is 1. The van der Waals surface area contributed by atoms with Crippen molar-refractivity contribution >= 4 is 5.78 Å². The van der Waals surface area contributed by atoms with E-state index in [9.17, 15) is 9.18 Å². The number of carbonyl (C=O) groups excluding carboxylic acids is 1. The zero-order valence-electron chi connectivity index (χ0n) is 17.9. The molecule has 3 aromatic rings. The molecule has 0 fully saturated rings. The van der Waals surface area contributed by atoms with Gasteiger partial charge in [0.1, 0.15) is 11.6 Å². The SMILES string of the molecule is COc1ccc(F)cc1C(=O)C(C[C@H](C)N(C)C)(c1ccccc1)c1ccccc1. The zero-order valence-corrected chi connectivity index (χ0v) is 17.9. The highest BCUT2D eigenvalue weighted by Gasteiger charge is 2.44. The van der Waals surface area contributed by atoms with Crippen molar-refractivity contribution in [2.24, 2.45) is 0 Å². The third-order valence-electron chi connectivity index (χ3n) is 5.81. The minimum absolute atomic E-state index is 0.0916. The summed E-state index contributed by atoms with van der Waals surface area (Å²) in [6.45, 7) is 2.09. The number of hydrogen-bond acceptors (Lipinski definition) is 3. The van der Waals surface area contributed by atoms with Crippen LogP contribution < -0.4 is 4.74 Å². The van der Waals surface area contributed by atoms with Crippen LogP contribution in [0.2, 0.25) is 0 Å². The highest BCUT2D eigenvalue weighted by Crippen LogP contribution is 2.42. The molecule has 0 radical (unpaired) electrons. The lowest BCUT2D eigenvalue weighted by atomic mass is 9.66. The van der Waals surface area contributed by atoms with E-state index in [-0.39, 0.29) is 17.4 Å². The van der Waals surface area contributed by atoms with Gasteiger partial charge in [-0.1, -0.05) is 60.7 Å². The number of carbonyl (C=O) groups is 1. The van der Waals surface area contributed by atoms with Crippen LogP contribution in [-0.2, 0) is 5.41 Å². The van der Waals surface area contributed by atoms with E-state index in [1.165, 1.54) is 25.3 Å². The molecule has 3 aromatic carbocycles. The first-order valence-corrected chi connectivity index (χ1v) is 10.1. The van der Waals surface area contributed by atoms with Gasteiger partial charge in [0.05, 0.1) is 18.1 Å². The maximum Gasteiger partial charge on any atom is 0.181 e. The summed E-state index contributed by atoms with van der Waals surface area (Å²) in [5.74, 6) is -0.269. The normalized spacial score (nSPS) is 12.6. The Morgan fingerprint density at radius 2 is 1.50 bits per heavy atom. The molecule has 0 unspecified atom stereocenters. The van der Waals surface area contributed by atoms with Crippen molar-refractivity contribution in [3.8, 4) is 5.75 Å². The molecule has 4 heteroatoms. The number of methoxy groups -OCH3 is 1. The Hall–Kier alpha value is -2.98. The fraction of sp³-hybridized carbons (Fsp3) is 0.269. The quantitative estimate of drug-likeness (QED) is 0.474. The summed E-state index contributed by atoms with van der Waals surface area (Å²) in [7, 11) is 5.50. The molecule has 0 saturated carbocycles. The summed E-state index contributed by atoms with van der Waals surface area (Å²) in [5, 5.41) is 0. The van der Waals surface area contributed by atoms with Crippen LogP contribution in [0.5, 0.6) is 5.75 Å². The lowest BCUT2D eigenvalue weighted by Gasteiger charge is -2.38. The van der Waals surface area contributed by atoms with Gasteiger partial charge >= 0.3 is 0 Å². The summed E-state index contributed by atoms with van der Waals surface area (Å²) in [4.78, 5) is 16.4. The molecule has 0 bridgehead atoms. The van der Waals surface area contributed by atoms with E-state index in [1.54, 1.807) is 0 Å². The molecule has 0 spiro atoms. The van der Waals surface area contributed by atoms with Crippen molar-refractivity contribution in [1.29, 1.82) is 0 Å². The van der Waals surface area contributed by atoms with Crippen molar-refractivity contribution in [2.45, 2.75) is 24.8 Å². The summed E-state index contributed by atoms with van der Waals surface area (Å²) in [6.07, 6.45) is 0.534. The first-order chi connectivity index (χ1) is 14.4. The Morgan fingerprint density at radius 3 is 1.97 bits per heavy atom. The second-order valence-corrected chi connectivity index (χ2v) is 7.83. The van der Waals surface area contributed by atoms with E-state index >= 15 is 0 Å². The lowest BCUT2D eigenvalue weighted by Crippen LogP contribution is -2.43. The van der Waals surface area contributed by atoms with E-state index in [2.05, 4.69) is 11.8 Å². The van der Waals surface area contributed by atoms with Gasteiger partial charge in [0.2, 0.25) is 0 Å². The van der Waals surface area contributed by atoms with E-state index < -0.39 is 11.2 Å². The maximum absolute atomic E-state index is 14.3. The Kier molecular flexibility index (Phi) is 6.68. The molecule has 156 valence electrons. The Balaban J connectivity index is 2.33. The third-order valence-corrected chi connectivity index (χ3v) is 5.81. The standard InChI is InChI=1S/C26H28FNO2/c1-19(28(2)3)18-26(20-11-7-5-8-12-20,21-13-9-6-10-14-21)25(29)23-17-22(27)15-16-24(23)30-4/h5-17,19H,18H2,1-4H3/t19-/m0/s1. The molecule has 3 rings (SSSR count). The van der Waals surface area contributed by atoms with Gasteiger partial charge in [-0.05, 0) is 56.8 Å². The Bertz CT molecular complexity index is 947. The predicted octanol–water partition coefficient (Wildman–Crippen LogP) is 5.34. The third kappa shape index (κ3) is 4.14. The van der Waals surface area contributed by atoms with Gasteiger partial charge in [-0.2, -0.15) is 0 Å². The van der Waals surface area contributed by atoms with Crippen LogP contribution in [0.4, 0.5) is 4.39 Å². The molecule has 0 heterocycles. The molecule has 1 atom stereocenters. The van der Waals surface area contributed by atoms with Gasteiger partial charge in [-0.15, -0.1) is 0 Å². The molecule has 0 aromatic heterocycles. The molecule has 0 saturated heterocycles. The van der Waals surface area contributed by atoms with Crippen molar-refractivity contribution in [3.63, 3.8) is 0 Å². The van der Waals surface area contributed by atoms with Gasteiger partial charge in [-0.3, -0.25) is 4.79 Å². The predicted molar refractivity (Wildman–Crippen MR) is 119 cm³/mol. The first-order valence-electron chi connectivity index (χ1n) is 10.1. The van der Waals surface area contributed by atoms with E-state index in [0.717, 1.165) is 11.1 Å². The summed E-state index contributed by atoms with van der Waals surface area (Å²) < 4.78 is 19.7. The van der Waals surface area contributed by atoms with Crippen LogP contribution in [-0.4, -0.2) is 37.9 Å². The molecule has 30 heavy (non-hydrogen) atoms. The highest BCUT2D eigenvalue weighted by molar-refractivity contribution is 6.08. The minimum Gasteiger partial charge on any atom is -0.496 e. The molecular formula is C26H28FNO2. The first kappa shape index (κ1) is 21.7. The van der Waals surface area contributed by atoms with Crippen LogP contribution >= 0.6 is 0 Å². The number of halogens is 1. The van der Waals surface area contributed by atoms with E-state index in [4.69, 9.17) is 4.74 Å². The summed E-state index contributed by atoms with van der Waals surface area (Å²) in [5.41, 5.74) is 1.01. The number of benzene rings is 3. The number of hydrogen-bond donors (Lipinski definition) is 0. The van der Waals surface area contributed by atoms with Crippen LogP contribution in [0, 0.1) is 5.82 Å². The number of nitrogens with zero attached hydrogens (tertiary/aromatic N) is 1. The molecule has 0 aliphatic rings.